The molecule has 1 N–H and O–H groups in total. The van der Waals surface area contributed by atoms with Gasteiger partial charge in [0.2, 0.25) is 0 Å². The summed E-state index contributed by atoms with van der Waals surface area (Å²) >= 11 is 6.35. The monoisotopic (exact) mass is 342 g/mol. The van der Waals surface area contributed by atoms with Crippen LogP contribution in [0.4, 0.5) is 11.4 Å². The lowest BCUT2D eigenvalue weighted by Gasteiger charge is -2.37. The van der Waals surface area contributed by atoms with Gasteiger partial charge in [0.05, 0.1) is 34.6 Å². The Morgan fingerprint density at radius 3 is 2.83 bits per heavy atom. The summed E-state index contributed by atoms with van der Waals surface area (Å²) in [6, 6.07) is 15.4. The van der Waals surface area contributed by atoms with Gasteiger partial charge in [-0.05, 0) is 55.9 Å². The van der Waals surface area contributed by atoms with Crippen LogP contribution in [0.2, 0.25) is 5.02 Å². The number of nitrogens with zero attached hydrogens (tertiary/aromatic N) is 3. The normalized spacial score (nSPS) is 14.3. The van der Waals surface area contributed by atoms with Crippen LogP contribution in [0.25, 0.3) is 0 Å². The van der Waals surface area contributed by atoms with Gasteiger partial charge in [0.15, 0.2) is 0 Å². The molecule has 1 aliphatic rings. The molecule has 0 unspecified atom stereocenters. The maximum atomic E-state index is 9.17. The van der Waals surface area contributed by atoms with E-state index in [1.54, 1.807) is 11.1 Å². The summed E-state index contributed by atoms with van der Waals surface area (Å²) < 4.78 is 0. The van der Waals surface area contributed by atoms with Gasteiger partial charge >= 0.3 is 0 Å². The summed E-state index contributed by atoms with van der Waals surface area (Å²) in [4.78, 5) is 6.07. The van der Waals surface area contributed by atoms with Gasteiger partial charge in [0.25, 0.3) is 0 Å². The molecule has 0 saturated carbocycles. The first-order valence-corrected chi connectivity index (χ1v) is 8.26. The van der Waals surface area contributed by atoms with E-state index in [-0.39, 0.29) is 0 Å². The number of nitrogens with one attached hydrogen (secondary N) is 1. The zero-order valence-corrected chi connectivity index (χ0v) is 14.3. The van der Waals surface area contributed by atoms with Gasteiger partial charge < -0.3 is 5.32 Å². The van der Waals surface area contributed by atoms with Crippen molar-refractivity contribution in [1.29, 1.82) is 5.26 Å². The lowest BCUT2D eigenvalue weighted by molar-refractivity contribution is -0.176. The van der Waals surface area contributed by atoms with Crippen LogP contribution in [0.5, 0.6) is 0 Å². The zero-order valence-electron chi connectivity index (χ0n) is 13.5. The molecule has 0 bridgehead atoms. The number of benzene rings is 2. The SMILES string of the molecule is CNCCCN1Cc2cc(C#N)ccc2N(c2ccccc2Cl)O1. The first kappa shape index (κ1) is 16.7. The maximum Gasteiger partial charge on any atom is 0.0991 e. The van der Waals surface area contributed by atoms with Gasteiger partial charge in [-0.25, -0.2) is 5.06 Å². The molecule has 1 aliphatic heterocycles. The van der Waals surface area contributed by atoms with E-state index in [0.717, 1.165) is 36.4 Å². The maximum absolute atomic E-state index is 9.17. The van der Waals surface area contributed by atoms with Gasteiger partial charge in [-0.3, -0.25) is 0 Å². The number of halogens is 1. The van der Waals surface area contributed by atoms with Crippen LogP contribution in [-0.2, 0) is 11.5 Å². The third-order valence-corrected chi connectivity index (χ3v) is 4.20. The smallest absolute Gasteiger partial charge is 0.0991 e. The summed E-state index contributed by atoms with van der Waals surface area (Å²) in [5.41, 5.74) is 3.38. The Labute approximate surface area is 146 Å². The third kappa shape index (κ3) is 3.53. The van der Waals surface area contributed by atoms with Crippen molar-refractivity contribution in [2.24, 2.45) is 0 Å². The fourth-order valence-electron chi connectivity index (χ4n) is 2.70. The van der Waals surface area contributed by atoms with Crippen molar-refractivity contribution in [2.75, 3.05) is 25.2 Å². The minimum Gasteiger partial charge on any atom is -0.320 e. The van der Waals surface area contributed by atoms with Gasteiger partial charge in [-0.2, -0.15) is 15.3 Å². The molecule has 3 rings (SSSR count). The van der Waals surface area contributed by atoms with E-state index in [9.17, 15) is 0 Å². The minimum atomic E-state index is 0.616. The van der Waals surface area contributed by atoms with Crippen molar-refractivity contribution in [3.8, 4) is 6.07 Å². The summed E-state index contributed by atoms with van der Waals surface area (Å²) in [7, 11) is 1.93. The van der Waals surface area contributed by atoms with E-state index in [1.165, 1.54) is 0 Å². The molecule has 24 heavy (non-hydrogen) atoms. The summed E-state index contributed by atoms with van der Waals surface area (Å²) in [5, 5.41) is 16.6. The molecule has 0 amide bonds. The number of nitriles is 1. The first-order valence-electron chi connectivity index (χ1n) is 7.88. The largest absolute Gasteiger partial charge is 0.320 e. The molecular weight excluding hydrogens is 324 g/mol. The predicted molar refractivity (Wildman–Crippen MR) is 94.8 cm³/mol. The Balaban J connectivity index is 1.95. The van der Waals surface area contributed by atoms with Gasteiger partial charge in [-0.15, -0.1) is 0 Å². The molecule has 0 atom stereocenters. The van der Waals surface area contributed by atoms with E-state index in [1.807, 2.05) is 48.5 Å². The molecule has 0 fully saturated rings. The Kier molecular flexibility index (Phi) is 5.34. The fourth-order valence-corrected chi connectivity index (χ4v) is 2.91. The lowest BCUT2D eigenvalue weighted by Crippen LogP contribution is -2.38. The highest BCUT2D eigenvalue weighted by atomic mass is 35.5. The molecule has 124 valence electrons. The van der Waals surface area contributed by atoms with E-state index in [2.05, 4.69) is 11.4 Å². The topological polar surface area (TPSA) is 51.5 Å². The summed E-state index contributed by atoms with van der Waals surface area (Å²) in [6.07, 6.45) is 0.958. The Bertz CT molecular complexity index is 759. The van der Waals surface area contributed by atoms with Crippen LogP contribution in [0.15, 0.2) is 42.5 Å². The molecule has 0 aromatic heterocycles. The second kappa shape index (κ2) is 7.65. The van der Waals surface area contributed by atoms with Crippen molar-refractivity contribution < 1.29 is 4.94 Å². The molecule has 0 spiro atoms. The highest BCUT2D eigenvalue weighted by Crippen LogP contribution is 2.38. The van der Waals surface area contributed by atoms with E-state index in [4.69, 9.17) is 21.8 Å². The van der Waals surface area contributed by atoms with Crippen LogP contribution in [0.1, 0.15) is 17.5 Å². The summed E-state index contributed by atoms with van der Waals surface area (Å²) in [6.45, 7) is 2.32. The Morgan fingerprint density at radius 2 is 2.08 bits per heavy atom. The van der Waals surface area contributed by atoms with Gasteiger partial charge in [0, 0.05) is 6.54 Å². The molecule has 5 nitrogen and oxygen atoms in total. The first-order chi connectivity index (χ1) is 11.7. The molecule has 2 aromatic rings. The summed E-state index contributed by atoms with van der Waals surface area (Å²) in [5.74, 6) is 0. The number of fused-ring (bicyclic) bond motifs is 1. The molecule has 6 heteroatoms. The van der Waals surface area contributed by atoms with Crippen molar-refractivity contribution in [3.05, 3.63) is 58.6 Å². The number of anilines is 2. The second-order valence-electron chi connectivity index (χ2n) is 5.60. The van der Waals surface area contributed by atoms with Crippen LogP contribution >= 0.6 is 11.6 Å². The van der Waals surface area contributed by atoms with Gasteiger partial charge in [0.1, 0.15) is 0 Å². The molecule has 0 aliphatic carbocycles. The van der Waals surface area contributed by atoms with E-state index < -0.39 is 0 Å². The van der Waals surface area contributed by atoms with Crippen LogP contribution in [0.3, 0.4) is 0 Å². The van der Waals surface area contributed by atoms with Crippen molar-refractivity contribution in [2.45, 2.75) is 13.0 Å². The van der Waals surface area contributed by atoms with Crippen LogP contribution in [-0.4, -0.2) is 25.2 Å². The number of hydroxylamine groups is 2. The average Bonchev–Trinajstić information content (AvgIpc) is 2.61. The number of hydrogen-bond acceptors (Lipinski definition) is 5. The number of rotatable bonds is 5. The molecule has 1 heterocycles. The standard InChI is InChI=1S/C18H19ClN4O/c1-21-9-4-10-22-13-15-11-14(12-20)7-8-17(15)23(24-22)18-6-3-2-5-16(18)19/h2-3,5-8,11,21H,4,9-10,13H2,1H3. The van der Waals surface area contributed by atoms with Crippen molar-refractivity contribution >= 4 is 23.0 Å². The third-order valence-electron chi connectivity index (χ3n) is 3.88. The number of para-hydroxylation sites is 1. The van der Waals surface area contributed by atoms with Crippen molar-refractivity contribution in [1.82, 2.24) is 10.4 Å². The Hall–Kier alpha value is -2.10. The predicted octanol–water partition coefficient (Wildman–Crippen LogP) is 3.62. The van der Waals surface area contributed by atoms with E-state index in [0.29, 0.717) is 17.1 Å². The van der Waals surface area contributed by atoms with Gasteiger partial charge in [-0.1, -0.05) is 23.7 Å². The Morgan fingerprint density at radius 1 is 1.25 bits per heavy atom. The average molecular weight is 343 g/mol. The molecule has 0 radical (unpaired) electrons. The molecular formula is C18H19ClN4O. The van der Waals surface area contributed by atoms with Crippen LogP contribution < -0.4 is 10.4 Å². The fraction of sp³-hybridized carbons (Fsp3) is 0.278. The second-order valence-corrected chi connectivity index (χ2v) is 6.01. The number of hydrogen-bond donors (Lipinski definition) is 1. The lowest BCUT2D eigenvalue weighted by atomic mass is 10.1. The minimum absolute atomic E-state index is 0.616. The molecule has 0 saturated heterocycles. The van der Waals surface area contributed by atoms with Crippen LogP contribution in [0, 0.1) is 11.3 Å². The zero-order chi connectivity index (χ0) is 16.9. The highest BCUT2D eigenvalue weighted by Gasteiger charge is 2.26. The van der Waals surface area contributed by atoms with Crippen molar-refractivity contribution in [3.63, 3.8) is 0 Å². The molecule has 2 aromatic carbocycles. The highest BCUT2D eigenvalue weighted by molar-refractivity contribution is 6.33. The van der Waals surface area contributed by atoms with E-state index >= 15 is 0 Å². The quantitative estimate of drug-likeness (QED) is 0.841.